The molecule has 2 heterocycles. The average Bonchev–Trinajstić information content (AvgIpc) is 3.05. The normalized spacial score (nSPS) is 11.2. The lowest BCUT2D eigenvalue weighted by atomic mass is 10.2. The van der Waals surface area contributed by atoms with Crippen LogP contribution in [0.1, 0.15) is 31.2 Å². The monoisotopic (exact) mass is 370 g/mol. The van der Waals surface area contributed by atoms with Crippen LogP contribution >= 0.6 is 11.8 Å². The smallest absolute Gasteiger partial charge is 0.246 e. The van der Waals surface area contributed by atoms with Crippen molar-refractivity contribution in [3.8, 4) is 0 Å². The molecule has 136 valence electrons. The van der Waals surface area contributed by atoms with Gasteiger partial charge in [-0.25, -0.2) is 0 Å². The van der Waals surface area contributed by atoms with Gasteiger partial charge in [0.1, 0.15) is 12.4 Å². The minimum Gasteiger partial charge on any atom is -0.375 e. The van der Waals surface area contributed by atoms with E-state index in [1.807, 2.05) is 34.7 Å². The Morgan fingerprint density at radius 3 is 2.81 bits per heavy atom. The third kappa shape index (κ3) is 4.23. The summed E-state index contributed by atoms with van der Waals surface area (Å²) in [5, 5.41) is 11.4. The van der Waals surface area contributed by atoms with Gasteiger partial charge in [-0.3, -0.25) is 9.20 Å². The molecule has 0 radical (unpaired) electrons. The number of pyridine rings is 1. The van der Waals surface area contributed by atoms with E-state index in [2.05, 4.69) is 41.6 Å². The number of carbonyl (C=O) groups excluding carboxylic acids is 1. The summed E-state index contributed by atoms with van der Waals surface area (Å²) >= 11 is 1.66. The number of methoxy groups -OCH3 is 1. The minimum absolute atomic E-state index is 0.0670. The van der Waals surface area contributed by atoms with E-state index >= 15 is 0 Å². The SMILES string of the molecule is COCC(=O)NCc1ccccc1Sc1ccc2nnc(C(C)C)n2c1. The number of benzene rings is 1. The first-order valence-corrected chi connectivity index (χ1v) is 9.26. The van der Waals surface area contributed by atoms with Gasteiger partial charge in [0.25, 0.3) is 0 Å². The Morgan fingerprint density at radius 1 is 1.23 bits per heavy atom. The largest absolute Gasteiger partial charge is 0.375 e. The Morgan fingerprint density at radius 2 is 2.04 bits per heavy atom. The Labute approximate surface area is 157 Å². The third-order valence-corrected chi connectivity index (χ3v) is 4.97. The first-order chi connectivity index (χ1) is 12.6. The number of fused-ring (bicyclic) bond motifs is 1. The summed E-state index contributed by atoms with van der Waals surface area (Å²) in [6, 6.07) is 12.1. The van der Waals surface area contributed by atoms with Gasteiger partial charge in [0.15, 0.2) is 5.65 Å². The molecule has 3 rings (SSSR count). The summed E-state index contributed by atoms with van der Waals surface area (Å²) in [5.41, 5.74) is 1.91. The maximum Gasteiger partial charge on any atom is 0.246 e. The fourth-order valence-electron chi connectivity index (χ4n) is 2.60. The van der Waals surface area contributed by atoms with Crippen LogP contribution < -0.4 is 5.32 Å². The van der Waals surface area contributed by atoms with Crippen molar-refractivity contribution >= 4 is 23.3 Å². The number of carbonyl (C=O) groups is 1. The molecule has 0 saturated carbocycles. The Hall–Kier alpha value is -2.38. The maximum absolute atomic E-state index is 11.6. The predicted molar refractivity (Wildman–Crippen MR) is 101 cm³/mol. The number of nitrogens with zero attached hydrogens (tertiary/aromatic N) is 3. The van der Waals surface area contributed by atoms with E-state index in [0.717, 1.165) is 26.8 Å². The van der Waals surface area contributed by atoms with Crippen LogP contribution in [-0.2, 0) is 16.1 Å². The van der Waals surface area contributed by atoms with Crippen LogP contribution in [0.25, 0.3) is 5.65 Å². The molecule has 1 aromatic carbocycles. The third-order valence-electron chi connectivity index (χ3n) is 3.87. The zero-order valence-electron chi connectivity index (χ0n) is 15.1. The molecule has 2 aromatic heterocycles. The molecule has 0 fully saturated rings. The summed E-state index contributed by atoms with van der Waals surface area (Å²) in [5.74, 6) is 1.12. The zero-order chi connectivity index (χ0) is 18.5. The van der Waals surface area contributed by atoms with Crippen LogP contribution in [0.15, 0.2) is 52.4 Å². The van der Waals surface area contributed by atoms with Crippen LogP contribution in [0.4, 0.5) is 0 Å². The first kappa shape index (κ1) is 18.4. The molecule has 0 aliphatic carbocycles. The number of aromatic nitrogens is 3. The number of hydrogen-bond acceptors (Lipinski definition) is 5. The van der Waals surface area contributed by atoms with Crippen molar-refractivity contribution in [2.45, 2.75) is 36.1 Å². The van der Waals surface area contributed by atoms with Crippen LogP contribution in [-0.4, -0.2) is 34.2 Å². The number of amides is 1. The van der Waals surface area contributed by atoms with Crippen LogP contribution in [0.3, 0.4) is 0 Å². The minimum atomic E-state index is -0.125. The van der Waals surface area contributed by atoms with Crippen molar-refractivity contribution in [1.29, 1.82) is 0 Å². The average molecular weight is 370 g/mol. The lowest BCUT2D eigenvalue weighted by Gasteiger charge is -2.11. The summed E-state index contributed by atoms with van der Waals surface area (Å²) in [4.78, 5) is 13.8. The lowest BCUT2D eigenvalue weighted by molar-refractivity contribution is -0.124. The van der Waals surface area contributed by atoms with Gasteiger partial charge in [-0.2, -0.15) is 0 Å². The van der Waals surface area contributed by atoms with Gasteiger partial charge in [0, 0.05) is 35.6 Å². The van der Waals surface area contributed by atoms with E-state index in [1.165, 1.54) is 7.11 Å². The molecule has 0 aliphatic rings. The van der Waals surface area contributed by atoms with Crippen LogP contribution in [0.2, 0.25) is 0 Å². The van der Waals surface area contributed by atoms with E-state index in [-0.39, 0.29) is 12.5 Å². The van der Waals surface area contributed by atoms with Crippen molar-refractivity contribution in [2.24, 2.45) is 0 Å². The number of rotatable bonds is 7. The molecule has 3 aromatic rings. The molecule has 6 nitrogen and oxygen atoms in total. The van der Waals surface area contributed by atoms with E-state index in [0.29, 0.717) is 12.5 Å². The first-order valence-electron chi connectivity index (χ1n) is 8.44. The second-order valence-electron chi connectivity index (χ2n) is 6.23. The number of ether oxygens (including phenoxy) is 1. The van der Waals surface area contributed by atoms with E-state index in [9.17, 15) is 4.79 Å². The molecule has 0 bridgehead atoms. The van der Waals surface area contributed by atoms with E-state index in [1.54, 1.807) is 11.8 Å². The van der Waals surface area contributed by atoms with Crippen LogP contribution in [0, 0.1) is 0 Å². The fourth-order valence-corrected chi connectivity index (χ4v) is 3.56. The number of nitrogens with one attached hydrogen (secondary N) is 1. The van der Waals surface area contributed by atoms with Gasteiger partial charge in [0.05, 0.1) is 0 Å². The highest BCUT2D eigenvalue weighted by Crippen LogP contribution is 2.31. The zero-order valence-corrected chi connectivity index (χ0v) is 15.9. The molecular weight excluding hydrogens is 348 g/mol. The quantitative estimate of drug-likeness (QED) is 0.691. The molecule has 0 unspecified atom stereocenters. The van der Waals surface area contributed by atoms with Crippen molar-refractivity contribution in [1.82, 2.24) is 19.9 Å². The summed E-state index contributed by atoms with van der Waals surface area (Å²) in [7, 11) is 1.51. The second kappa shape index (κ2) is 8.33. The predicted octanol–water partition coefficient (Wildman–Crippen LogP) is 3.27. The van der Waals surface area contributed by atoms with Gasteiger partial charge >= 0.3 is 0 Å². The topological polar surface area (TPSA) is 68.5 Å². The van der Waals surface area contributed by atoms with Gasteiger partial charge < -0.3 is 10.1 Å². The summed E-state index contributed by atoms with van der Waals surface area (Å²) < 4.78 is 6.89. The molecular formula is C19H22N4O2S. The van der Waals surface area contributed by atoms with Crippen molar-refractivity contribution < 1.29 is 9.53 Å². The van der Waals surface area contributed by atoms with Gasteiger partial charge in [-0.05, 0) is 23.8 Å². The molecule has 26 heavy (non-hydrogen) atoms. The number of hydrogen-bond donors (Lipinski definition) is 1. The summed E-state index contributed by atoms with van der Waals surface area (Å²) in [6.45, 7) is 4.75. The Balaban J connectivity index is 1.81. The van der Waals surface area contributed by atoms with Gasteiger partial charge in [-0.15, -0.1) is 10.2 Å². The van der Waals surface area contributed by atoms with E-state index < -0.39 is 0 Å². The lowest BCUT2D eigenvalue weighted by Crippen LogP contribution is -2.26. The fraction of sp³-hybridized carbons (Fsp3) is 0.316. The highest BCUT2D eigenvalue weighted by Gasteiger charge is 2.11. The van der Waals surface area contributed by atoms with Crippen LogP contribution in [0.5, 0.6) is 0 Å². The van der Waals surface area contributed by atoms with Crippen molar-refractivity contribution in [2.75, 3.05) is 13.7 Å². The molecule has 0 atom stereocenters. The maximum atomic E-state index is 11.6. The standard InChI is InChI=1S/C19H22N4O2S/c1-13(2)19-22-21-17-9-8-15(11-23(17)19)26-16-7-5-4-6-14(16)10-20-18(24)12-25-3/h4-9,11,13H,10,12H2,1-3H3,(H,20,24). The second-order valence-corrected chi connectivity index (χ2v) is 7.34. The Bertz CT molecular complexity index is 907. The van der Waals surface area contributed by atoms with Crippen molar-refractivity contribution in [3.05, 3.63) is 54.0 Å². The molecule has 1 amide bonds. The molecule has 1 N–H and O–H groups in total. The summed E-state index contributed by atoms with van der Waals surface area (Å²) in [6.07, 6.45) is 2.07. The molecule has 7 heteroatoms. The van der Waals surface area contributed by atoms with Gasteiger partial charge in [0.2, 0.25) is 5.91 Å². The van der Waals surface area contributed by atoms with Crippen molar-refractivity contribution in [3.63, 3.8) is 0 Å². The van der Waals surface area contributed by atoms with E-state index in [4.69, 9.17) is 4.74 Å². The molecule has 0 aliphatic heterocycles. The van der Waals surface area contributed by atoms with Gasteiger partial charge in [-0.1, -0.05) is 43.8 Å². The molecule has 0 saturated heterocycles. The Kier molecular flexibility index (Phi) is 5.90. The highest BCUT2D eigenvalue weighted by atomic mass is 32.2. The molecule has 0 spiro atoms. The highest BCUT2D eigenvalue weighted by molar-refractivity contribution is 7.99.